The summed E-state index contributed by atoms with van der Waals surface area (Å²) in [5.74, 6) is -1.48. The van der Waals surface area contributed by atoms with E-state index in [0.717, 1.165) is 17.1 Å². The Balaban J connectivity index is 2.16. The van der Waals surface area contributed by atoms with Gasteiger partial charge in [0.25, 0.3) is 0 Å². The molecule has 20 heavy (non-hydrogen) atoms. The van der Waals surface area contributed by atoms with Gasteiger partial charge >= 0.3 is 5.97 Å². The van der Waals surface area contributed by atoms with E-state index in [-0.39, 0.29) is 12.8 Å². The molecule has 1 heterocycles. The van der Waals surface area contributed by atoms with E-state index in [4.69, 9.17) is 10.3 Å². The van der Waals surface area contributed by atoms with Gasteiger partial charge in [-0.05, 0) is 22.7 Å². The maximum absolute atomic E-state index is 12.8. The SMILES string of the molecule is O=C(O)CC/C(=N\O)c1ccc(-c2cc(F)ns2)cc1. The number of rotatable bonds is 5. The van der Waals surface area contributed by atoms with Crippen molar-refractivity contribution in [1.82, 2.24) is 4.37 Å². The lowest BCUT2D eigenvalue weighted by Gasteiger charge is -2.04. The Morgan fingerprint density at radius 1 is 1.30 bits per heavy atom. The molecule has 7 heteroatoms. The summed E-state index contributed by atoms with van der Waals surface area (Å²) in [6.45, 7) is 0. The van der Waals surface area contributed by atoms with Gasteiger partial charge in [-0.1, -0.05) is 29.4 Å². The number of hydrogen-bond donors (Lipinski definition) is 2. The summed E-state index contributed by atoms with van der Waals surface area (Å²) in [5.41, 5.74) is 1.72. The first-order valence-corrected chi connectivity index (χ1v) is 6.53. The number of benzene rings is 1. The van der Waals surface area contributed by atoms with Crippen molar-refractivity contribution in [2.45, 2.75) is 12.8 Å². The summed E-state index contributed by atoms with van der Waals surface area (Å²) < 4.78 is 16.4. The van der Waals surface area contributed by atoms with Gasteiger partial charge in [0.15, 0.2) is 0 Å². The summed E-state index contributed by atoms with van der Waals surface area (Å²) >= 11 is 1.05. The zero-order valence-corrected chi connectivity index (χ0v) is 11.1. The van der Waals surface area contributed by atoms with Crippen LogP contribution in [-0.4, -0.2) is 26.4 Å². The molecular weight excluding hydrogens is 283 g/mol. The summed E-state index contributed by atoms with van der Waals surface area (Å²) in [4.78, 5) is 11.2. The lowest BCUT2D eigenvalue weighted by atomic mass is 10.0. The third kappa shape index (κ3) is 3.39. The van der Waals surface area contributed by atoms with Gasteiger partial charge in [-0.2, -0.15) is 8.76 Å². The minimum absolute atomic E-state index is 0.110. The highest BCUT2D eigenvalue weighted by atomic mass is 32.1. The molecule has 0 aliphatic rings. The van der Waals surface area contributed by atoms with Crippen LogP contribution in [0, 0.1) is 5.95 Å². The summed E-state index contributed by atoms with van der Waals surface area (Å²) in [6, 6.07) is 8.22. The van der Waals surface area contributed by atoms with Crippen molar-refractivity contribution in [3.05, 3.63) is 41.8 Å². The Kier molecular flexibility index (Phi) is 4.41. The molecule has 1 aromatic carbocycles. The second kappa shape index (κ2) is 6.25. The van der Waals surface area contributed by atoms with Crippen LogP contribution in [0.5, 0.6) is 0 Å². The molecule has 0 saturated heterocycles. The Bertz CT molecular complexity index is 637. The van der Waals surface area contributed by atoms with E-state index < -0.39 is 11.9 Å². The average Bonchev–Trinajstić information content (AvgIpc) is 2.86. The van der Waals surface area contributed by atoms with Gasteiger partial charge in [0, 0.05) is 12.5 Å². The molecule has 0 saturated carbocycles. The molecule has 2 aromatic rings. The van der Waals surface area contributed by atoms with Gasteiger partial charge in [0.2, 0.25) is 5.95 Å². The molecule has 0 atom stereocenters. The van der Waals surface area contributed by atoms with Crippen LogP contribution in [0.15, 0.2) is 35.5 Å². The number of carbonyl (C=O) groups is 1. The predicted octanol–water partition coefficient (Wildman–Crippen LogP) is 2.99. The van der Waals surface area contributed by atoms with Gasteiger partial charge < -0.3 is 10.3 Å². The van der Waals surface area contributed by atoms with Crippen LogP contribution in [0.2, 0.25) is 0 Å². The molecule has 104 valence electrons. The number of aromatic nitrogens is 1. The molecular formula is C13H11FN2O3S. The summed E-state index contributed by atoms with van der Waals surface area (Å²) in [7, 11) is 0. The van der Waals surface area contributed by atoms with Crippen molar-refractivity contribution < 1.29 is 19.5 Å². The van der Waals surface area contributed by atoms with E-state index >= 15 is 0 Å². The highest BCUT2D eigenvalue weighted by Crippen LogP contribution is 2.24. The van der Waals surface area contributed by atoms with Crippen LogP contribution in [0.4, 0.5) is 4.39 Å². The predicted molar refractivity (Wildman–Crippen MR) is 72.7 cm³/mol. The third-order valence-electron chi connectivity index (χ3n) is 2.68. The molecule has 0 spiro atoms. The Hall–Kier alpha value is -2.28. The highest BCUT2D eigenvalue weighted by Gasteiger charge is 2.09. The van der Waals surface area contributed by atoms with E-state index in [1.165, 1.54) is 6.07 Å². The molecule has 1 aromatic heterocycles. The van der Waals surface area contributed by atoms with Gasteiger partial charge in [0.05, 0.1) is 17.0 Å². The lowest BCUT2D eigenvalue weighted by Crippen LogP contribution is -2.05. The van der Waals surface area contributed by atoms with E-state index in [1.54, 1.807) is 24.3 Å². The Labute approximate surface area is 118 Å². The minimum Gasteiger partial charge on any atom is -0.481 e. The quantitative estimate of drug-likeness (QED) is 0.504. The van der Waals surface area contributed by atoms with Crippen LogP contribution < -0.4 is 0 Å². The summed E-state index contributed by atoms with van der Waals surface area (Å²) in [5, 5.41) is 20.7. The largest absolute Gasteiger partial charge is 0.481 e. The van der Waals surface area contributed by atoms with Gasteiger partial charge in [0.1, 0.15) is 0 Å². The van der Waals surface area contributed by atoms with E-state index in [2.05, 4.69) is 9.53 Å². The molecule has 0 radical (unpaired) electrons. The fourth-order valence-corrected chi connectivity index (χ4v) is 2.32. The van der Waals surface area contributed by atoms with E-state index in [9.17, 15) is 9.18 Å². The van der Waals surface area contributed by atoms with Crippen LogP contribution >= 0.6 is 11.5 Å². The first-order chi connectivity index (χ1) is 9.60. The van der Waals surface area contributed by atoms with Crippen molar-refractivity contribution in [2.75, 3.05) is 0 Å². The zero-order chi connectivity index (χ0) is 14.5. The zero-order valence-electron chi connectivity index (χ0n) is 10.3. The molecule has 2 N–H and O–H groups in total. The molecule has 0 amide bonds. The molecule has 0 aliphatic heterocycles. The maximum atomic E-state index is 12.8. The normalized spacial score (nSPS) is 11.6. The number of carboxylic acids is 1. The molecule has 0 fully saturated rings. The van der Waals surface area contributed by atoms with Crippen LogP contribution in [0.25, 0.3) is 10.4 Å². The fraction of sp³-hybridized carbons (Fsp3) is 0.154. The fourth-order valence-electron chi connectivity index (χ4n) is 1.69. The van der Waals surface area contributed by atoms with Gasteiger partial charge in [-0.3, -0.25) is 4.79 Å². The van der Waals surface area contributed by atoms with Crippen molar-refractivity contribution in [3.8, 4) is 10.4 Å². The van der Waals surface area contributed by atoms with Crippen molar-refractivity contribution >= 4 is 23.2 Å². The topological polar surface area (TPSA) is 82.8 Å². The number of oxime groups is 1. The standard InChI is InChI=1S/C13H11FN2O3S/c14-12-7-11(20-16-12)9-3-1-8(2-4-9)10(15-19)5-6-13(17)18/h1-4,7,19H,5-6H2,(H,17,18)/b15-10+. The monoisotopic (exact) mass is 294 g/mol. The van der Waals surface area contributed by atoms with E-state index in [1.807, 2.05) is 0 Å². The van der Waals surface area contributed by atoms with Crippen LogP contribution in [0.3, 0.4) is 0 Å². The van der Waals surface area contributed by atoms with Crippen molar-refractivity contribution in [3.63, 3.8) is 0 Å². The van der Waals surface area contributed by atoms with Gasteiger partial charge in [-0.15, -0.1) is 0 Å². The lowest BCUT2D eigenvalue weighted by molar-refractivity contribution is -0.136. The number of carboxylic acid groups (broad SMARTS) is 1. The number of hydrogen-bond acceptors (Lipinski definition) is 5. The smallest absolute Gasteiger partial charge is 0.303 e. The first-order valence-electron chi connectivity index (χ1n) is 5.76. The second-order valence-electron chi connectivity index (χ2n) is 4.03. The maximum Gasteiger partial charge on any atom is 0.303 e. The molecule has 0 unspecified atom stereocenters. The first kappa shape index (κ1) is 14.1. The third-order valence-corrected chi connectivity index (χ3v) is 3.50. The van der Waals surface area contributed by atoms with E-state index in [0.29, 0.717) is 16.2 Å². The van der Waals surface area contributed by atoms with Crippen molar-refractivity contribution in [2.24, 2.45) is 5.16 Å². The van der Waals surface area contributed by atoms with Crippen LogP contribution in [0.1, 0.15) is 18.4 Å². The minimum atomic E-state index is -0.956. The van der Waals surface area contributed by atoms with Crippen LogP contribution in [-0.2, 0) is 4.79 Å². The number of aliphatic carboxylic acids is 1. The molecule has 2 rings (SSSR count). The second-order valence-corrected chi connectivity index (χ2v) is 4.84. The Morgan fingerprint density at radius 2 is 2.00 bits per heavy atom. The number of nitrogens with zero attached hydrogens (tertiary/aromatic N) is 2. The van der Waals surface area contributed by atoms with Gasteiger partial charge in [-0.25, -0.2) is 0 Å². The Morgan fingerprint density at radius 3 is 2.50 bits per heavy atom. The van der Waals surface area contributed by atoms with Crippen molar-refractivity contribution in [1.29, 1.82) is 0 Å². The number of halogens is 1. The average molecular weight is 294 g/mol. The highest BCUT2D eigenvalue weighted by molar-refractivity contribution is 7.09. The molecule has 5 nitrogen and oxygen atoms in total. The molecule has 0 bridgehead atoms. The summed E-state index contributed by atoms with van der Waals surface area (Å²) in [6.07, 6.45) is 0.0293. The molecule has 0 aliphatic carbocycles.